The van der Waals surface area contributed by atoms with Gasteiger partial charge in [0.15, 0.2) is 0 Å². The van der Waals surface area contributed by atoms with Gasteiger partial charge in [-0.1, -0.05) is 53.4 Å². The summed E-state index contributed by atoms with van der Waals surface area (Å²) in [4.78, 5) is 15.4. The summed E-state index contributed by atoms with van der Waals surface area (Å²) in [5.74, 6) is 0.163. The van der Waals surface area contributed by atoms with Crippen LogP contribution in [0.25, 0.3) is 0 Å². The van der Waals surface area contributed by atoms with Crippen molar-refractivity contribution in [1.82, 2.24) is 4.98 Å². The average molecular weight is 274 g/mol. The first-order valence-electron chi connectivity index (χ1n) is 5.62. The van der Waals surface area contributed by atoms with Gasteiger partial charge in [0.05, 0.1) is 16.3 Å². The molecule has 0 fully saturated rings. The molecule has 1 aliphatic heterocycles. The maximum Gasteiger partial charge on any atom is 0.305 e. The molecule has 90 valence electrons. The zero-order valence-corrected chi connectivity index (χ0v) is 11.1. The van der Waals surface area contributed by atoms with E-state index in [1.807, 2.05) is 18.2 Å². The molecule has 0 amide bonds. The maximum absolute atomic E-state index is 11.5. The zero-order valence-electron chi connectivity index (χ0n) is 9.42. The van der Waals surface area contributed by atoms with Crippen molar-refractivity contribution >= 4 is 23.1 Å². The number of aromatic nitrogens is 1. The highest BCUT2D eigenvalue weighted by Gasteiger charge is 2.31. The predicted molar refractivity (Wildman–Crippen MR) is 73.1 cm³/mol. The molecule has 2 aromatic rings. The molecular formula is C13H10N2OS2. The van der Waals surface area contributed by atoms with Crippen LogP contribution in [0.3, 0.4) is 0 Å². The molecule has 2 atom stereocenters. The van der Waals surface area contributed by atoms with Gasteiger partial charge in [-0.05, 0) is 12.0 Å². The lowest BCUT2D eigenvalue weighted by Crippen LogP contribution is -2.14. The lowest BCUT2D eigenvalue weighted by molar-refractivity contribution is 0.720. The Morgan fingerprint density at radius 3 is 2.83 bits per heavy atom. The van der Waals surface area contributed by atoms with Gasteiger partial charge in [0.25, 0.3) is 0 Å². The summed E-state index contributed by atoms with van der Waals surface area (Å²) >= 11 is 2.73. The molecule has 0 aliphatic carbocycles. The third kappa shape index (κ3) is 1.98. The van der Waals surface area contributed by atoms with Crippen LogP contribution in [0, 0.1) is 11.3 Å². The van der Waals surface area contributed by atoms with E-state index in [1.54, 1.807) is 0 Å². The van der Waals surface area contributed by atoms with E-state index < -0.39 is 0 Å². The molecule has 0 spiro atoms. The van der Waals surface area contributed by atoms with Crippen molar-refractivity contribution in [2.75, 3.05) is 0 Å². The fourth-order valence-corrected chi connectivity index (χ4v) is 4.45. The first kappa shape index (κ1) is 11.6. The molecular weight excluding hydrogens is 264 g/mol. The van der Waals surface area contributed by atoms with E-state index in [2.05, 4.69) is 23.2 Å². The second-order valence-corrected chi connectivity index (χ2v) is 6.37. The number of aromatic amines is 1. The summed E-state index contributed by atoms with van der Waals surface area (Å²) in [6, 6.07) is 12.4. The van der Waals surface area contributed by atoms with Crippen LogP contribution >= 0.6 is 23.1 Å². The van der Waals surface area contributed by atoms with E-state index in [9.17, 15) is 4.79 Å². The van der Waals surface area contributed by atoms with Crippen LogP contribution in [0.5, 0.6) is 0 Å². The van der Waals surface area contributed by atoms with Crippen molar-refractivity contribution in [3.8, 4) is 6.07 Å². The minimum atomic E-state index is -0.0899. The molecule has 18 heavy (non-hydrogen) atoms. The van der Waals surface area contributed by atoms with Crippen LogP contribution in [0.2, 0.25) is 0 Å². The Morgan fingerprint density at radius 2 is 2.11 bits per heavy atom. The number of fused-ring (bicyclic) bond motifs is 1. The van der Waals surface area contributed by atoms with Gasteiger partial charge in [0.1, 0.15) is 0 Å². The van der Waals surface area contributed by atoms with Crippen molar-refractivity contribution in [2.45, 2.75) is 22.6 Å². The van der Waals surface area contributed by atoms with Crippen LogP contribution < -0.4 is 4.87 Å². The summed E-state index contributed by atoms with van der Waals surface area (Å²) in [6.45, 7) is 0. The molecule has 1 N–H and O–H groups in total. The first-order chi connectivity index (χ1) is 8.78. The highest BCUT2D eigenvalue weighted by molar-refractivity contribution is 8.00. The Hall–Kier alpha value is -1.51. The van der Waals surface area contributed by atoms with Gasteiger partial charge < -0.3 is 4.98 Å². The summed E-state index contributed by atoms with van der Waals surface area (Å²) < 4.78 is 0. The summed E-state index contributed by atoms with van der Waals surface area (Å²) in [7, 11) is 0. The van der Waals surface area contributed by atoms with Gasteiger partial charge in [0.2, 0.25) is 0 Å². The monoisotopic (exact) mass is 274 g/mol. The quantitative estimate of drug-likeness (QED) is 0.869. The van der Waals surface area contributed by atoms with Gasteiger partial charge in [-0.3, -0.25) is 4.79 Å². The molecule has 0 saturated carbocycles. The zero-order chi connectivity index (χ0) is 12.5. The van der Waals surface area contributed by atoms with Crippen LogP contribution in [0.1, 0.15) is 22.8 Å². The number of rotatable bonds is 1. The Morgan fingerprint density at radius 1 is 1.33 bits per heavy atom. The molecule has 3 nitrogen and oxygen atoms in total. The fourth-order valence-electron chi connectivity index (χ4n) is 2.21. The molecule has 5 heteroatoms. The summed E-state index contributed by atoms with van der Waals surface area (Å²) in [5.41, 5.74) is 1.18. The van der Waals surface area contributed by atoms with E-state index >= 15 is 0 Å². The fraction of sp³-hybridized carbons (Fsp3) is 0.231. The SMILES string of the molecule is N#C[C@@H]1C[C@@H](c2ccccc2)c2sc(=O)[nH]c2S1. The van der Waals surface area contributed by atoms with E-state index in [0.29, 0.717) is 0 Å². The second kappa shape index (κ2) is 4.63. The summed E-state index contributed by atoms with van der Waals surface area (Å²) in [5, 5.41) is 9.91. The number of hydrogen-bond donors (Lipinski definition) is 1. The van der Waals surface area contributed by atoms with Crippen LogP contribution in [0.15, 0.2) is 40.2 Å². The highest BCUT2D eigenvalue weighted by atomic mass is 32.2. The predicted octanol–water partition coefficient (Wildman–Crippen LogP) is 2.96. The van der Waals surface area contributed by atoms with E-state index in [-0.39, 0.29) is 16.0 Å². The molecule has 0 unspecified atom stereocenters. The van der Waals surface area contributed by atoms with Crippen LogP contribution in [0.4, 0.5) is 0 Å². The van der Waals surface area contributed by atoms with Crippen molar-refractivity contribution in [3.63, 3.8) is 0 Å². The summed E-state index contributed by atoms with van der Waals surface area (Å²) in [6.07, 6.45) is 0.770. The van der Waals surface area contributed by atoms with Crippen molar-refractivity contribution in [2.24, 2.45) is 0 Å². The van der Waals surface area contributed by atoms with E-state index in [0.717, 1.165) is 16.3 Å². The van der Waals surface area contributed by atoms with Crippen molar-refractivity contribution in [3.05, 3.63) is 50.4 Å². The van der Waals surface area contributed by atoms with E-state index in [1.165, 1.54) is 28.7 Å². The minimum absolute atomic E-state index is 0.0352. The van der Waals surface area contributed by atoms with Crippen molar-refractivity contribution in [1.29, 1.82) is 5.26 Å². The highest BCUT2D eigenvalue weighted by Crippen LogP contribution is 2.44. The molecule has 1 aliphatic rings. The smallest absolute Gasteiger partial charge is 0.305 e. The lowest BCUT2D eigenvalue weighted by Gasteiger charge is -2.24. The topological polar surface area (TPSA) is 56.6 Å². The number of nitrogens with zero attached hydrogens (tertiary/aromatic N) is 1. The molecule has 0 radical (unpaired) electrons. The lowest BCUT2D eigenvalue weighted by atomic mass is 9.93. The van der Waals surface area contributed by atoms with Gasteiger partial charge in [-0.15, -0.1) is 0 Å². The Kier molecular flexibility index (Phi) is 2.98. The largest absolute Gasteiger partial charge is 0.307 e. The number of thioether (sulfide) groups is 1. The molecule has 3 rings (SSSR count). The molecule has 1 aromatic heterocycles. The third-order valence-electron chi connectivity index (χ3n) is 3.01. The van der Waals surface area contributed by atoms with Gasteiger partial charge in [0, 0.05) is 10.8 Å². The first-order valence-corrected chi connectivity index (χ1v) is 7.32. The number of hydrogen-bond acceptors (Lipinski definition) is 4. The average Bonchev–Trinajstić information content (AvgIpc) is 2.78. The normalized spacial score (nSPS) is 22.2. The van der Waals surface area contributed by atoms with Crippen LogP contribution in [-0.4, -0.2) is 10.2 Å². The minimum Gasteiger partial charge on any atom is -0.307 e. The molecule has 2 heterocycles. The van der Waals surface area contributed by atoms with Crippen LogP contribution in [-0.2, 0) is 0 Å². The number of benzene rings is 1. The second-order valence-electron chi connectivity index (χ2n) is 4.14. The molecule has 1 aromatic carbocycles. The van der Waals surface area contributed by atoms with Gasteiger partial charge >= 0.3 is 4.87 Å². The number of thiazole rings is 1. The molecule has 0 saturated heterocycles. The standard InChI is InChI=1S/C13H10N2OS2/c14-7-9-6-10(8-4-2-1-3-5-8)11-12(17-9)15-13(16)18-11/h1-5,9-10H,6H2,(H,15,16)/t9-,10-/m0/s1. The Balaban J connectivity index is 2.09. The maximum atomic E-state index is 11.5. The van der Waals surface area contributed by atoms with E-state index in [4.69, 9.17) is 5.26 Å². The number of H-pyrrole nitrogens is 1. The third-order valence-corrected chi connectivity index (χ3v) is 5.28. The Bertz CT molecular complexity index is 654. The van der Waals surface area contributed by atoms with Gasteiger partial charge in [-0.2, -0.15) is 5.26 Å². The molecule has 0 bridgehead atoms. The number of nitriles is 1. The number of nitrogens with one attached hydrogen (secondary N) is 1. The Labute approximate surface area is 112 Å². The van der Waals surface area contributed by atoms with Gasteiger partial charge in [-0.25, -0.2) is 0 Å². The van der Waals surface area contributed by atoms with Crippen molar-refractivity contribution < 1.29 is 0 Å².